The Kier molecular flexibility index (Phi) is 6.22. The van der Waals surface area contributed by atoms with E-state index in [-0.39, 0.29) is 11.9 Å². The van der Waals surface area contributed by atoms with Gasteiger partial charge in [0, 0.05) is 12.6 Å². The smallest absolute Gasteiger partial charge is 0.224 e. The molecule has 3 N–H and O–H groups in total. The summed E-state index contributed by atoms with van der Waals surface area (Å²) >= 11 is 0. The Bertz CT molecular complexity index is 380. The quantitative estimate of drug-likeness (QED) is 0.770. The van der Waals surface area contributed by atoms with Crippen LogP contribution in [-0.2, 0) is 11.2 Å². The molecule has 0 aliphatic carbocycles. The fourth-order valence-corrected chi connectivity index (χ4v) is 1.75. The summed E-state index contributed by atoms with van der Waals surface area (Å²) in [6.45, 7) is 2.62. The van der Waals surface area contributed by atoms with Gasteiger partial charge in [-0.15, -0.1) is 0 Å². The van der Waals surface area contributed by atoms with Crippen molar-refractivity contribution >= 4 is 5.91 Å². The maximum atomic E-state index is 11.7. The van der Waals surface area contributed by atoms with Crippen LogP contribution in [0.5, 0.6) is 5.75 Å². The van der Waals surface area contributed by atoms with Gasteiger partial charge in [-0.1, -0.05) is 25.5 Å². The summed E-state index contributed by atoms with van der Waals surface area (Å²) in [5, 5.41) is 2.85. The Balaban J connectivity index is 2.39. The monoisotopic (exact) mass is 250 g/mol. The normalized spacial score (nSPS) is 11.9. The number of nitrogens with two attached hydrogens (primary N) is 1. The average Bonchev–Trinajstić information content (AvgIpc) is 2.37. The number of rotatable bonds is 7. The average molecular weight is 250 g/mol. The number of benzene rings is 1. The van der Waals surface area contributed by atoms with Crippen LogP contribution in [0.4, 0.5) is 0 Å². The van der Waals surface area contributed by atoms with Gasteiger partial charge in [0.2, 0.25) is 5.91 Å². The molecular weight excluding hydrogens is 228 g/mol. The first kappa shape index (κ1) is 14.5. The standard InChI is InChI=1S/C14H22N2O2/c1-3-5-12(15)10-16-14(17)9-11-6-4-7-13(8-11)18-2/h4,6-8,12H,3,5,9-10,15H2,1-2H3,(H,16,17). The molecule has 100 valence electrons. The van der Waals surface area contributed by atoms with E-state index in [0.717, 1.165) is 24.2 Å². The summed E-state index contributed by atoms with van der Waals surface area (Å²) in [5.74, 6) is 0.762. The number of amides is 1. The molecule has 0 radical (unpaired) electrons. The predicted molar refractivity (Wildman–Crippen MR) is 72.6 cm³/mol. The number of nitrogens with one attached hydrogen (secondary N) is 1. The third-order valence-electron chi connectivity index (χ3n) is 2.72. The van der Waals surface area contributed by atoms with Gasteiger partial charge < -0.3 is 15.8 Å². The highest BCUT2D eigenvalue weighted by Gasteiger charge is 2.06. The van der Waals surface area contributed by atoms with Crippen molar-refractivity contribution in [1.82, 2.24) is 5.32 Å². The van der Waals surface area contributed by atoms with E-state index < -0.39 is 0 Å². The van der Waals surface area contributed by atoms with E-state index in [1.54, 1.807) is 7.11 Å². The van der Waals surface area contributed by atoms with Crippen LogP contribution in [0.3, 0.4) is 0 Å². The zero-order valence-corrected chi connectivity index (χ0v) is 11.1. The Labute approximate surface area is 109 Å². The van der Waals surface area contributed by atoms with Crippen LogP contribution >= 0.6 is 0 Å². The summed E-state index contributed by atoms with van der Waals surface area (Å²) in [6.07, 6.45) is 2.32. The van der Waals surface area contributed by atoms with E-state index >= 15 is 0 Å². The van der Waals surface area contributed by atoms with Crippen molar-refractivity contribution < 1.29 is 9.53 Å². The molecule has 0 saturated heterocycles. The number of carbonyl (C=O) groups excluding carboxylic acids is 1. The van der Waals surface area contributed by atoms with E-state index in [2.05, 4.69) is 12.2 Å². The highest BCUT2D eigenvalue weighted by atomic mass is 16.5. The van der Waals surface area contributed by atoms with E-state index in [0.29, 0.717) is 13.0 Å². The Morgan fingerprint density at radius 2 is 2.28 bits per heavy atom. The first-order valence-electron chi connectivity index (χ1n) is 6.31. The van der Waals surface area contributed by atoms with Crippen LogP contribution in [0.1, 0.15) is 25.3 Å². The molecule has 1 unspecified atom stereocenters. The van der Waals surface area contributed by atoms with E-state index in [9.17, 15) is 4.79 Å². The molecule has 1 rings (SSSR count). The van der Waals surface area contributed by atoms with Crippen LogP contribution in [0.15, 0.2) is 24.3 Å². The molecule has 4 heteroatoms. The molecule has 0 heterocycles. The highest BCUT2D eigenvalue weighted by molar-refractivity contribution is 5.78. The Hall–Kier alpha value is -1.55. The lowest BCUT2D eigenvalue weighted by Gasteiger charge is -2.11. The lowest BCUT2D eigenvalue weighted by atomic mass is 10.1. The van der Waals surface area contributed by atoms with Crippen molar-refractivity contribution in [2.45, 2.75) is 32.2 Å². The van der Waals surface area contributed by atoms with Gasteiger partial charge in [-0.2, -0.15) is 0 Å². The lowest BCUT2D eigenvalue weighted by Crippen LogP contribution is -2.37. The number of ether oxygens (including phenoxy) is 1. The van der Waals surface area contributed by atoms with Gasteiger partial charge in [0.25, 0.3) is 0 Å². The largest absolute Gasteiger partial charge is 0.497 e. The molecule has 18 heavy (non-hydrogen) atoms. The van der Waals surface area contributed by atoms with Gasteiger partial charge in [0.15, 0.2) is 0 Å². The number of carbonyl (C=O) groups is 1. The van der Waals surface area contributed by atoms with Gasteiger partial charge in [0.05, 0.1) is 13.5 Å². The number of methoxy groups -OCH3 is 1. The van der Waals surface area contributed by atoms with Gasteiger partial charge in [0.1, 0.15) is 5.75 Å². The predicted octanol–water partition coefficient (Wildman–Crippen LogP) is 1.48. The van der Waals surface area contributed by atoms with Crippen molar-refractivity contribution in [2.75, 3.05) is 13.7 Å². The molecule has 0 bridgehead atoms. The van der Waals surface area contributed by atoms with Crippen molar-refractivity contribution in [3.05, 3.63) is 29.8 Å². The Morgan fingerprint density at radius 1 is 1.50 bits per heavy atom. The number of hydrogen-bond acceptors (Lipinski definition) is 3. The first-order chi connectivity index (χ1) is 8.65. The topological polar surface area (TPSA) is 64.3 Å². The van der Waals surface area contributed by atoms with Crippen LogP contribution in [0.25, 0.3) is 0 Å². The minimum atomic E-state index is -0.00481. The zero-order chi connectivity index (χ0) is 13.4. The third-order valence-corrected chi connectivity index (χ3v) is 2.72. The molecule has 0 aromatic heterocycles. The SMILES string of the molecule is CCCC(N)CNC(=O)Cc1cccc(OC)c1. The second kappa shape index (κ2) is 7.71. The molecule has 0 aliphatic rings. The van der Waals surface area contributed by atoms with Gasteiger partial charge in [-0.05, 0) is 24.1 Å². The Morgan fingerprint density at radius 3 is 2.94 bits per heavy atom. The summed E-state index contributed by atoms with van der Waals surface area (Å²) in [5.41, 5.74) is 6.78. The maximum Gasteiger partial charge on any atom is 0.224 e. The molecule has 0 fully saturated rings. The van der Waals surface area contributed by atoms with E-state index in [4.69, 9.17) is 10.5 Å². The molecule has 0 aliphatic heterocycles. The molecular formula is C14H22N2O2. The summed E-state index contributed by atoms with van der Waals surface area (Å²) in [6, 6.07) is 7.56. The molecule has 1 aromatic carbocycles. The van der Waals surface area contributed by atoms with Crippen molar-refractivity contribution in [1.29, 1.82) is 0 Å². The minimum Gasteiger partial charge on any atom is -0.497 e. The van der Waals surface area contributed by atoms with Gasteiger partial charge >= 0.3 is 0 Å². The minimum absolute atomic E-state index is 0.00481. The van der Waals surface area contributed by atoms with Crippen molar-refractivity contribution in [3.8, 4) is 5.75 Å². The fourth-order valence-electron chi connectivity index (χ4n) is 1.75. The molecule has 4 nitrogen and oxygen atoms in total. The van der Waals surface area contributed by atoms with Crippen molar-refractivity contribution in [2.24, 2.45) is 5.73 Å². The van der Waals surface area contributed by atoms with Crippen LogP contribution in [0, 0.1) is 0 Å². The van der Waals surface area contributed by atoms with Gasteiger partial charge in [-0.3, -0.25) is 4.79 Å². The van der Waals surface area contributed by atoms with Crippen LogP contribution in [-0.4, -0.2) is 25.6 Å². The molecule has 0 saturated carbocycles. The third kappa shape index (κ3) is 5.19. The first-order valence-corrected chi connectivity index (χ1v) is 6.31. The summed E-state index contributed by atoms with van der Waals surface area (Å²) in [4.78, 5) is 11.7. The second-order valence-electron chi connectivity index (χ2n) is 4.38. The zero-order valence-electron chi connectivity index (χ0n) is 11.1. The molecule has 0 spiro atoms. The van der Waals surface area contributed by atoms with Gasteiger partial charge in [-0.25, -0.2) is 0 Å². The molecule has 1 aromatic rings. The lowest BCUT2D eigenvalue weighted by molar-refractivity contribution is -0.120. The molecule has 1 atom stereocenters. The second-order valence-corrected chi connectivity index (χ2v) is 4.38. The highest BCUT2D eigenvalue weighted by Crippen LogP contribution is 2.12. The molecule has 1 amide bonds. The summed E-state index contributed by atoms with van der Waals surface area (Å²) in [7, 11) is 1.61. The van der Waals surface area contributed by atoms with Crippen molar-refractivity contribution in [3.63, 3.8) is 0 Å². The summed E-state index contributed by atoms with van der Waals surface area (Å²) < 4.78 is 5.11. The van der Waals surface area contributed by atoms with E-state index in [1.807, 2.05) is 24.3 Å². The fraction of sp³-hybridized carbons (Fsp3) is 0.500. The maximum absolute atomic E-state index is 11.7. The number of hydrogen-bond donors (Lipinski definition) is 2. The van der Waals surface area contributed by atoms with Crippen LogP contribution in [0.2, 0.25) is 0 Å². The van der Waals surface area contributed by atoms with Crippen LogP contribution < -0.4 is 15.8 Å². The van der Waals surface area contributed by atoms with E-state index in [1.165, 1.54) is 0 Å².